The highest BCUT2D eigenvalue weighted by atomic mass is 35.5. The first kappa shape index (κ1) is 24.9. The molecule has 0 amide bonds. The average Bonchev–Trinajstić information content (AvgIpc) is 3.28. The summed E-state index contributed by atoms with van der Waals surface area (Å²) >= 11 is 6.06. The van der Waals surface area contributed by atoms with Crippen molar-refractivity contribution in [3.8, 4) is 0 Å². The first-order valence-electron chi connectivity index (χ1n) is 11.6. The summed E-state index contributed by atoms with van der Waals surface area (Å²) in [6.45, 7) is 0.640. The van der Waals surface area contributed by atoms with Crippen molar-refractivity contribution in [2.75, 3.05) is 6.54 Å². The van der Waals surface area contributed by atoms with Crippen LogP contribution in [0, 0.1) is 5.92 Å². The number of aliphatic hydroxyl groups excluding tert-OH is 1. The van der Waals surface area contributed by atoms with Gasteiger partial charge in [0.2, 0.25) is 0 Å². The zero-order valence-corrected chi connectivity index (χ0v) is 19.4. The van der Waals surface area contributed by atoms with E-state index in [0.717, 1.165) is 25.3 Å². The van der Waals surface area contributed by atoms with Crippen LogP contribution in [-0.4, -0.2) is 41.5 Å². The quantitative estimate of drug-likeness (QED) is 0.344. The third-order valence-electron chi connectivity index (χ3n) is 6.16. The molecule has 5 unspecified atom stereocenters. The Morgan fingerprint density at radius 2 is 2.12 bits per heavy atom. The Bertz CT molecular complexity index is 972. The monoisotopic (exact) mass is 494 g/mol. The molecule has 4 rings (SSSR count). The summed E-state index contributed by atoms with van der Waals surface area (Å²) in [5, 5.41) is 13.2. The standard InChI is InChI=1S/C25H29ClF2N2O4/c26-18-6-3-15(4-7-18)1-2-17-11-22(29-14-17)25(32)33-23-13-21(34-30-24(23)31)8-5-16-9-19(27)12-20(28)10-16/h3-4,6,9,11-13,17-18,20-21,24,29-31H,1-2,5,7-8,10,14H2. The van der Waals surface area contributed by atoms with E-state index in [0.29, 0.717) is 30.7 Å². The number of hydrogen-bond donors (Lipinski definition) is 3. The van der Waals surface area contributed by atoms with E-state index in [4.69, 9.17) is 21.2 Å². The van der Waals surface area contributed by atoms with Gasteiger partial charge in [-0.15, -0.1) is 11.6 Å². The minimum Gasteiger partial charge on any atom is -0.422 e. The van der Waals surface area contributed by atoms with Crippen molar-refractivity contribution in [3.05, 3.63) is 71.0 Å². The molecular weight excluding hydrogens is 466 g/mol. The molecule has 0 radical (unpaired) electrons. The minimum absolute atomic E-state index is 0.0348. The van der Waals surface area contributed by atoms with Crippen molar-refractivity contribution in [1.29, 1.82) is 0 Å². The number of esters is 1. The molecule has 2 aliphatic carbocycles. The van der Waals surface area contributed by atoms with E-state index >= 15 is 0 Å². The highest BCUT2D eigenvalue weighted by Crippen LogP contribution is 2.27. The van der Waals surface area contributed by atoms with Crippen molar-refractivity contribution >= 4 is 17.6 Å². The molecule has 0 aromatic rings. The Labute approximate surface area is 202 Å². The maximum Gasteiger partial charge on any atom is 0.359 e. The van der Waals surface area contributed by atoms with Gasteiger partial charge in [-0.25, -0.2) is 13.6 Å². The molecule has 34 heavy (non-hydrogen) atoms. The maximum atomic E-state index is 13.5. The number of hydroxylamine groups is 1. The number of carbonyl (C=O) groups is 1. The van der Waals surface area contributed by atoms with Crippen LogP contribution in [0.2, 0.25) is 0 Å². The van der Waals surface area contributed by atoms with E-state index in [-0.39, 0.29) is 23.5 Å². The third-order valence-corrected chi connectivity index (χ3v) is 6.48. The van der Waals surface area contributed by atoms with Gasteiger partial charge < -0.3 is 15.2 Å². The summed E-state index contributed by atoms with van der Waals surface area (Å²) in [6, 6.07) is 0. The largest absolute Gasteiger partial charge is 0.422 e. The van der Waals surface area contributed by atoms with Crippen molar-refractivity contribution in [1.82, 2.24) is 10.8 Å². The van der Waals surface area contributed by atoms with Gasteiger partial charge in [-0.2, -0.15) is 5.48 Å². The molecule has 0 aromatic carbocycles. The van der Waals surface area contributed by atoms with Gasteiger partial charge in [0.15, 0.2) is 12.0 Å². The lowest BCUT2D eigenvalue weighted by atomic mass is 9.97. The summed E-state index contributed by atoms with van der Waals surface area (Å²) < 4.78 is 32.3. The zero-order chi connectivity index (χ0) is 24.1. The van der Waals surface area contributed by atoms with E-state index in [2.05, 4.69) is 22.9 Å². The summed E-state index contributed by atoms with van der Waals surface area (Å²) in [5.74, 6) is -0.932. The molecule has 0 aromatic heterocycles. The minimum atomic E-state index is -1.33. The lowest BCUT2D eigenvalue weighted by Crippen LogP contribution is -2.40. The van der Waals surface area contributed by atoms with E-state index in [1.54, 1.807) is 0 Å². The maximum absolute atomic E-state index is 13.5. The SMILES string of the molecule is O=C(OC1=CC(CCC2=CC(F)=CC(F)C2)ONC1O)C1=CC(CCC2=CCC(Cl)C=C2)CN1. The van der Waals surface area contributed by atoms with Crippen LogP contribution >= 0.6 is 11.6 Å². The fourth-order valence-corrected chi connectivity index (χ4v) is 4.46. The van der Waals surface area contributed by atoms with Gasteiger partial charge in [-0.1, -0.05) is 29.4 Å². The number of carbonyl (C=O) groups excluding carboxylic acids is 1. The molecule has 3 N–H and O–H groups in total. The average molecular weight is 495 g/mol. The van der Waals surface area contributed by atoms with Gasteiger partial charge in [0, 0.05) is 13.0 Å². The predicted molar refractivity (Wildman–Crippen MR) is 125 cm³/mol. The number of nitrogens with one attached hydrogen (secondary N) is 2. The molecule has 2 heterocycles. The number of halogens is 3. The van der Waals surface area contributed by atoms with E-state index in [1.165, 1.54) is 17.7 Å². The first-order chi connectivity index (χ1) is 16.4. The number of hydrogen-bond acceptors (Lipinski definition) is 6. The van der Waals surface area contributed by atoms with E-state index < -0.39 is 30.3 Å². The molecule has 0 fully saturated rings. The highest BCUT2D eigenvalue weighted by Gasteiger charge is 2.28. The number of alkyl halides is 2. The Balaban J connectivity index is 1.28. The number of allylic oxidation sites excluding steroid dienone is 8. The van der Waals surface area contributed by atoms with Crippen LogP contribution in [0.1, 0.15) is 38.5 Å². The van der Waals surface area contributed by atoms with Crippen LogP contribution in [0.15, 0.2) is 71.0 Å². The number of ether oxygens (including phenoxy) is 1. The van der Waals surface area contributed by atoms with Crippen LogP contribution in [0.5, 0.6) is 0 Å². The van der Waals surface area contributed by atoms with Gasteiger partial charge in [0.25, 0.3) is 0 Å². The second-order valence-corrected chi connectivity index (χ2v) is 9.46. The summed E-state index contributed by atoms with van der Waals surface area (Å²) in [5.41, 5.74) is 4.67. The zero-order valence-electron chi connectivity index (χ0n) is 18.7. The Morgan fingerprint density at radius 3 is 2.88 bits per heavy atom. The van der Waals surface area contributed by atoms with Crippen LogP contribution in [0.25, 0.3) is 0 Å². The van der Waals surface area contributed by atoms with Crippen LogP contribution < -0.4 is 10.8 Å². The summed E-state index contributed by atoms with van der Waals surface area (Å²) in [4.78, 5) is 18.0. The fourth-order valence-electron chi connectivity index (χ4n) is 4.29. The number of rotatable bonds is 8. The molecule has 5 atom stereocenters. The third kappa shape index (κ3) is 6.88. The molecule has 0 saturated carbocycles. The topological polar surface area (TPSA) is 79.8 Å². The van der Waals surface area contributed by atoms with Crippen LogP contribution in [0.3, 0.4) is 0 Å². The van der Waals surface area contributed by atoms with Crippen molar-refractivity contribution in [2.24, 2.45) is 5.92 Å². The summed E-state index contributed by atoms with van der Waals surface area (Å²) in [6.07, 6.45) is 12.3. The molecule has 2 aliphatic heterocycles. The normalized spacial score (nSPS) is 31.1. The lowest BCUT2D eigenvalue weighted by molar-refractivity contribution is -0.144. The molecule has 9 heteroatoms. The molecular formula is C25H29ClF2N2O4. The Kier molecular flexibility index (Phi) is 8.37. The van der Waals surface area contributed by atoms with Gasteiger partial charge in [0.05, 0.1) is 5.38 Å². The van der Waals surface area contributed by atoms with E-state index in [9.17, 15) is 18.7 Å². The molecule has 0 spiro atoms. The molecule has 4 aliphatic rings. The second kappa shape index (κ2) is 11.4. The lowest BCUT2D eigenvalue weighted by Gasteiger charge is -2.26. The summed E-state index contributed by atoms with van der Waals surface area (Å²) in [7, 11) is 0. The molecule has 184 valence electrons. The van der Waals surface area contributed by atoms with Crippen LogP contribution in [-0.2, 0) is 14.4 Å². The van der Waals surface area contributed by atoms with Gasteiger partial charge in [-0.05, 0) is 62.3 Å². The molecule has 0 saturated heterocycles. The first-order valence-corrected chi connectivity index (χ1v) is 12.0. The Hall–Kier alpha value is -2.26. The number of aliphatic hydroxyl groups is 1. The molecule has 0 bridgehead atoms. The van der Waals surface area contributed by atoms with Crippen molar-refractivity contribution in [3.63, 3.8) is 0 Å². The smallest absolute Gasteiger partial charge is 0.359 e. The van der Waals surface area contributed by atoms with E-state index in [1.807, 2.05) is 12.2 Å². The fraction of sp³-hybridized carbons (Fsp3) is 0.480. The highest BCUT2D eigenvalue weighted by molar-refractivity contribution is 6.22. The second-order valence-electron chi connectivity index (χ2n) is 8.90. The van der Waals surface area contributed by atoms with Gasteiger partial charge in [-0.3, -0.25) is 4.84 Å². The Morgan fingerprint density at radius 1 is 1.26 bits per heavy atom. The predicted octanol–water partition coefficient (Wildman–Crippen LogP) is 4.31. The van der Waals surface area contributed by atoms with Crippen LogP contribution in [0.4, 0.5) is 8.78 Å². The van der Waals surface area contributed by atoms with Crippen molar-refractivity contribution in [2.45, 2.75) is 62.4 Å². The van der Waals surface area contributed by atoms with Gasteiger partial charge >= 0.3 is 5.97 Å². The van der Waals surface area contributed by atoms with Gasteiger partial charge in [0.1, 0.15) is 23.8 Å². The van der Waals surface area contributed by atoms with Crippen molar-refractivity contribution < 1.29 is 28.3 Å². The molecule has 6 nitrogen and oxygen atoms in total.